The highest BCUT2D eigenvalue weighted by Gasteiger charge is 2.08. The molecule has 3 heteroatoms. The molecule has 0 aliphatic carbocycles. The summed E-state index contributed by atoms with van der Waals surface area (Å²) in [6, 6.07) is 2.35. The van der Waals surface area contributed by atoms with Crippen LogP contribution in [-0.4, -0.2) is 11.5 Å². The summed E-state index contributed by atoms with van der Waals surface area (Å²) in [5.74, 6) is 6.01. The Hall–Kier alpha value is -0.850. The number of hydrogen-bond donors (Lipinski definition) is 1. The molecule has 0 bridgehead atoms. The molecule has 2 nitrogen and oxygen atoms in total. The Morgan fingerprint density at radius 3 is 2.93 bits per heavy atom. The van der Waals surface area contributed by atoms with E-state index >= 15 is 0 Å². The maximum atomic E-state index is 4.16. The molecule has 15 heavy (non-hydrogen) atoms. The summed E-state index contributed by atoms with van der Waals surface area (Å²) in [5.41, 5.74) is 1.17. The molecule has 1 rings (SSSR count). The topological polar surface area (TPSA) is 24.9 Å². The molecule has 0 aliphatic heterocycles. The predicted octanol–water partition coefficient (Wildman–Crippen LogP) is 2.91. The van der Waals surface area contributed by atoms with Gasteiger partial charge < -0.3 is 5.32 Å². The minimum atomic E-state index is 0.271. The highest BCUT2D eigenvalue weighted by atomic mass is 79.9. The Morgan fingerprint density at radius 2 is 2.33 bits per heavy atom. The number of halogens is 1. The lowest BCUT2D eigenvalue weighted by Crippen LogP contribution is -2.20. The molecule has 0 saturated heterocycles. The normalized spacial score (nSPS) is 11.7. The summed E-state index contributed by atoms with van der Waals surface area (Å²) in [4.78, 5) is 4.16. The van der Waals surface area contributed by atoms with Crippen molar-refractivity contribution in [1.29, 1.82) is 0 Å². The summed E-state index contributed by atoms with van der Waals surface area (Å²) < 4.78 is 1.01. The van der Waals surface area contributed by atoms with Crippen LogP contribution in [0.4, 0.5) is 0 Å². The Labute approximate surface area is 99.6 Å². The zero-order valence-corrected chi connectivity index (χ0v) is 10.6. The van der Waals surface area contributed by atoms with Gasteiger partial charge in [0.2, 0.25) is 0 Å². The van der Waals surface area contributed by atoms with Crippen LogP contribution in [0, 0.1) is 11.8 Å². The van der Waals surface area contributed by atoms with Gasteiger partial charge in [-0.15, -0.1) is 11.8 Å². The molecule has 1 unspecified atom stereocenters. The average Bonchev–Trinajstić information content (AvgIpc) is 2.24. The van der Waals surface area contributed by atoms with E-state index in [4.69, 9.17) is 0 Å². The summed E-state index contributed by atoms with van der Waals surface area (Å²) in [6.07, 6.45) is 4.50. The number of nitrogens with zero attached hydrogens (tertiary/aromatic N) is 1. The molecule has 0 fully saturated rings. The first-order valence-electron chi connectivity index (χ1n) is 5.01. The first kappa shape index (κ1) is 12.2. The van der Waals surface area contributed by atoms with Gasteiger partial charge in [0.15, 0.2) is 0 Å². The Bertz CT molecular complexity index is 365. The minimum Gasteiger partial charge on any atom is -0.309 e. The van der Waals surface area contributed by atoms with Crippen molar-refractivity contribution in [2.75, 3.05) is 6.54 Å². The monoisotopic (exact) mass is 266 g/mol. The molecule has 0 saturated carbocycles. The number of pyridine rings is 1. The lowest BCUT2D eigenvalue weighted by Gasteiger charge is -2.15. The summed E-state index contributed by atoms with van der Waals surface area (Å²) in [5, 5.41) is 3.40. The van der Waals surface area contributed by atoms with Gasteiger partial charge in [0.05, 0.1) is 0 Å². The second-order valence-corrected chi connectivity index (χ2v) is 4.09. The number of hydrogen-bond acceptors (Lipinski definition) is 2. The zero-order valence-electron chi connectivity index (χ0n) is 9.05. The first-order chi connectivity index (χ1) is 7.27. The third-order valence-electron chi connectivity index (χ3n) is 2.06. The van der Waals surface area contributed by atoms with Crippen LogP contribution in [0.2, 0.25) is 0 Å². The fourth-order valence-corrected chi connectivity index (χ4v) is 1.76. The van der Waals surface area contributed by atoms with E-state index in [0.29, 0.717) is 0 Å². The molecule has 80 valence electrons. The highest BCUT2D eigenvalue weighted by Crippen LogP contribution is 2.18. The van der Waals surface area contributed by atoms with E-state index in [1.807, 2.05) is 13.1 Å². The average molecular weight is 267 g/mol. The van der Waals surface area contributed by atoms with Crippen LogP contribution in [0.15, 0.2) is 22.9 Å². The summed E-state index contributed by atoms with van der Waals surface area (Å²) >= 11 is 3.42. The molecule has 0 aliphatic rings. The molecular weight excluding hydrogens is 252 g/mol. The van der Waals surface area contributed by atoms with Crippen LogP contribution in [-0.2, 0) is 0 Å². The smallest absolute Gasteiger partial charge is 0.0446 e. The fraction of sp³-hybridized carbons (Fsp3) is 0.417. The first-order valence-corrected chi connectivity index (χ1v) is 5.80. The Kier molecular flexibility index (Phi) is 5.38. The molecule has 1 aromatic rings. The van der Waals surface area contributed by atoms with E-state index < -0.39 is 0 Å². The van der Waals surface area contributed by atoms with E-state index in [2.05, 4.69) is 51.1 Å². The van der Waals surface area contributed by atoms with Crippen LogP contribution in [0.25, 0.3) is 0 Å². The van der Waals surface area contributed by atoms with Crippen molar-refractivity contribution in [2.45, 2.75) is 26.3 Å². The molecule has 1 N–H and O–H groups in total. The van der Waals surface area contributed by atoms with E-state index in [1.165, 1.54) is 5.56 Å². The fourth-order valence-electron chi connectivity index (χ4n) is 1.38. The van der Waals surface area contributed by atoms with Crippen molar-refractivity contribution in [3.8, 4) is 11.8 Å². The van der Waals surface area contributed by atoms with Crippen molar-refractivity contribution < 1.29 is 0 Å². The number of rotatable bonds is 4. The van der Waals surface area contributed by atoms with E-state index in [1.54, 1.807) is 6.20 Å². The van der Waals surface area contributed by atoms with Gasteiger partial charge in [-0.25, -0.2) is 0 Å². The molecule has 1 heterocycles. The molecule has 0 amide bonds. The summed E-state index contributed by atoms with van der Waals surface area (Å²) in [7, 11) is 0. The van der Waals surface area contributed by atoms with Crippen molar-refractivity contribution in [2.24, 2.45) is 0 Å². The maximum absolute atomic E-state index is 4.16. The van der Waals surface area contributed by atoms with Crippen molar-refractivity contribution in [1.82, 2.24) is 10.3 Å². The van der Waals surface area contributed by atoms with E-state index in [9.17, 15) is 0 Å². The Balaban J connectivity index is 2.81. The molecule has 0 radical (unpaired) electrons. The van der Waals surface area contributed by atoms with Crippen LogP contribution >= 0.6 is 15.9 Å². The predicted molar refractivity (Wildman–Crippen MR) is 66.4 cm³/mol. The highest BCUT2D eigenvalue weighted by molar-refractivity contribution is 9.10. The van der Waals surface area contributed by atoms with Crippen LogP contribution in [0.1, 0.15) is 31.9 Å². The molecular formula is C12H15BrN2. The molecule has 1 atom stereocenters. The van der Waals surface area contributed by atoms with Gasteiger partial charge in [0.1, 0.15) is 0 Å². The van der Waals surface area contributed by atoms with Crippen LogP contribution in [0.5, 0.6) is 0 Å². The zero-order chi connectivity index (χ0) is 11.1. The maximum Gasteiger partial charge on any atom is 0.0446 e. The quantitative estimate of drug-likeness (QED) is 0.848. The van der Waals surface area contributed by atoms with Crippen molar-refractivity contribution in [3.05, 3.63) is 28.5 Å². The minimum absolute atomic E-state index is 0.271. The standard InChI is InChI=1S/C12H15BrN2/c1-3-5-6-12(15-4-2)10-7-11(13)9-14-8-10/h7-9,12,15H,4,6H2,1-2H3. The van der Waals surface area contributed by atoms with E-state index in [0.717, 1.165) is 17.4 Å². The van der Waals surface area contributed by atoms with Gasteiger partial charge in [-0.2, -0.15) is 0 Å². The Morgan fingerprint density at radius 1 is 1.53 bits per heavy atom. The second kappa shape index (κ2) is 6.60. The number of nitrogens with one attached hydrogen (secondary N) is 1. The number of aromatic nitrogens is 1. The van der Waals surface area contributed by atoms with Crippen molar-refractivity contribution in [3.63, 3.8) is 0 Å². The van der Waals surface area contributed by atoms with Gasteiger partial charge >= 0.3 is 0 Å². The third-order valence-corrected chi connectivity index (χ3v) is 2.50. The summed E-state index contributed by atoms with van der Waals surface area (Å²) in [6.45, 7) is 4.89. The third kappa shape index (κ3) is 4.03. The molecule has 1 aromatic heterocycles. The molecule has 0 spiro atoms. The molecule has 0 aromatic carbocycles. The lowest BCUT2D eigenvalue weighted by atomic mass is 10.1. The van der Waals surface area contributed by atoms with Gasteiger partial charge in [0.25, 0.3) is 0 Å². The largest absolute Gasteiger partial charge is 0.309 e. The second-order valence-electron chi connectivity index (χ2n) is 3.18. The SMILES string of the molecule is CC#CCC(NCC)c1cncc(Br)c1. The van der Waals surface area contributed by atoms with Crippen LogP contribution in [0.3, 0.4) is 0 Å². The van der Waals surface area contributed by atoms with E-state index in [-0.39, 0.29) is 6.04 Å². The van der Waals surface area contributed by atoms with Gasteiger partial charge in [-0.05, 0) is 41.0 Å². The van der Waals surface area contributed by atoms with Crippen molar-refractivity contribution >= 4 is 15.9 Å². The van der Waals surface area contributed by atoms with Gasteiger partial charge in [-0.1, -0.05) is 6.92 Å². The van der Waals surface area contributed by atoms with Crippen LogP contribution < -0.4 is 5.32 Å². The van der Waals surface area contributed by atoms with Gasteiger partial charge in [0, 0.05) is 29.3 Å². The van der Waals surface area contributed by atoms with Gasteiger partial charge in [-0.3, -0.25) is 4.98 Å². The lowest BCUT2D eigenvalue weighted by molar-refractivity contribution is 0.563.